The highest BCUT2D eigenvalue weighted by molar-refractivity contribution is 6.36. The second-order valence-corrected chi connectivity index (χ2v) is 5.49. The van der Waals surface area contributed by atoms with Gasteiger partial charge in [-0.15, -0.1) is 0 Å². The molecule has 0 fully saturated rings. The minimum atomic E-state index is -0.523. The Bertz CT molecular complexity index is 169. The van der Waals surface area contributed by atoms with Gasteiger partial charge in [-0.1, -0.05) is 40.0 Å². The molecule has 0 spiro atoms. The summed E-state index contributed by atoms with van der Waals surface area (Å²) in [4.78, 5) is 0. The molecule has 3 atom stereocenters. The smallest absolute Gasteiger partial charge is 0.383 e. The van der Waals surface area contributed by atoms with Crippen molar-refractivity contribution in [1.82, 2.24) is 0 Å². The number of rotatable bonds is 12. The molecule has 3 nitrogen and oxygen atoms in total. The lowest BCUT2D eigenvalue weighted by Crippen LogP contribution is -2.36. The zero-order chi connectivity index (χ0) is 14.7. The van der Waals surface area contributed by atoms with Crippen LogP contribution >= 0.6 is 0 Å². The molecule has 114 valence electrons. The van der Waals surface area contributed by atoms with E-state index in [0.29, 0.717) is 0 Å². The van der Waals surface area contributed by atoms with E-state index in [0.717, 1.165) is 38.5 Å². The van der Waals surface area contributed by atoms with Crippen LogP contribution in [0.5, 0.6) is 0 Å². The standard InChI is InChI=1S/C15H33BO3/c1-7-10-13(4)17-16(18-14(5)11-8-2)19-15(6)12-9-3/h13-15H,7-12H2,1-6H3. The van der Waals surface area contributed by atoms with Crippen LogP contribution in [0.1, 0.15) is 80.1 Å². The van der Waals surface area contributed by atoms with Gasteiger partial charge in [0.2, 0.25) is 0 Å². The summed E-state index contributed by atoms with van der Waals surface area (Å²) in [6, 6.07) is 0. The fourth-order valence-corrected chi connectivity index (χ4v) is 2.09. The van der Waals surface area contributed by atoms with Gasteiger partial charge in [0, 0.05) is 18.3 Å². The Balaban J connectivity index is 4.28. The van der Waals surface area contributed by atoms with Crippen molar-refractivity contribution in [3.63, 3.8) is 0 Å². The molecule has 0 aliphatic heterocycles. The zero-order valence-corrected chi connectivity index (χ0v) is 13.8. The lowest BCUT2D eigenvalue weighted by atomic mass is 10.1. The van der Waals surface area contributed by atoms with Crippen LogP contribution < -0.4 is 0 Å². The molecule has 0 aromatic rings. The SMILES string of the molecule is CCCC(C)OB(OC(C)CCC)OC(C)CCC. The molecule has 0 heterocycles. The summed E-state index contributed by atoms with van der Waals surface area (Å²) >= 11 is 0. The molecule has 0 N–H and O–H groups in total. The normalized spacial score (nSPS) is 16.1. The molecule has 0 aromatic heterocycles. The summed E-state index contributed by atoms with van der Waals surface area (Å²) in [5.74, 6) is 0. The van der Waals surface area contributed by atoms with Gasteiger partial charge in [0.05, 0.1) is 0 Å². The van der Waals surface area contributed by atoms with E-state index in [2.05, 4.69) is 41.5 Å². The van der Waals surface area contributed by atoms with Crippen molar-refractivity contribution in [3.8, 4) is 0 Å². The lowest BCUT2D eigenvalue weighted by Gasteiger charge is -2.24. The van der Waals surface area contributed by atoms with Gasteiger partial charge in [0.15, 0.2) is 0 Å². The number of hydrogen-bond donors (Lipinski definition) is 0. The summed E-state index contributed by atoms with van der Waals surface area (Å²) in [6.45, 7) is 12.7. The van der Waals surface area contributed by atoms with Crippen LogP contribution in [0.2, 0.25) is 0 Å². The molecule has 0 rings (SSSR count). The first-order valence-corrected chi connectivity index (χ1v) is 7.99. The Morgan fingerprint density at radius 1 is 0.632 bits per heavy atom. The average molecular weight is 272 g/mol. The van der Waals surface area contributed by atoms with Crippen LogP contribution in [0, 0.1) is 0 Å². The Morgan fingerprint density at radius 3 is 1.11 bits per heavy atom. The van der Waals surface area contributed by atoms with E-state index in [9.17, 15) is 0 Å². The lowest BCUT2D eigenvalue weighted by molar-refractivity contribution is 0.0146. The largest absolute Gasteiger partial charge is 0.639 e. The van der Waals surface area contributed by atoms with E-state index in [1.165, 1.54) is 0 Å². The first-order valence-electron chi connectivity index (χ1n) is 7.99. The zero-order valence-electron chi connectivity index (χ0n) is 13.8. The topological polar surface area (TPSA) is 27.7 Å². The van der Waals surface area contributed by atoms with E-state index < -0.39 is 7.32 Å². The maximum absolute atomic E-state index is 5.88. The Labute approximate surface area is 120 Å². The van der Waals surface area contributed by atoms with Crippen LogP contribution in [0.3, 0.4) is 0 Å². The van der Waals surface area contributed by atoms with Crippen LogP contribution in [-0.2, 0) is 14.0 Å². The van der Waals surface area contributed by atoms with Gasteiger partial charge in [0.1, 0.15) is 0 Å². The molecule has 0 aliphatic rings. The molecule has 0 bridgehead atoms. The minimum Gasteiger partial charge on any atom is -0.383 e. The highest BCUT2D eigenvalue weighted by Crippen LogP contribution is 2.12. The third kappa shape index (κ3) is 10.4. The van der Waals surface area contributed by atoms with Crippen LogP contribution in [0.15, 0.2) is 0 Å². The summed E-state index contributed by atoms with van der Waals surface area (Å²) < 4.78 is 17.6. The first kappa shape index (κ1) is 18.9. The summed E-state index contributed by atoms with van der Waals surface area (Å²) in [6.07, 6.45) is 6.98. The van der Waals surface area contributed by atoms with E-state index in [4.69, 9.17) is 14.0 Å². The molecule has 4 heteroatoms. The molecule has 0 radical (unpaired) electrons. The maximum Gasteiger partial charge on any atom is 0.639 e. The van der Waals surface area contributed by atoms with Crippen molar-refractivity contribution < 1.29 is 14.0 Å². The Hall–Kier alpha value is -0.0551. The quantitative estimate of drug-likeness (QED) is 0.486. The minimum absolute atomic E-state index is 0.178. The van der Waals surface area contributed by atoms with E-state index in [-0.39, 0.29) is 18.3 Å². The van der Waals surface area contributed by atoms with E-state index >= 15 is 0 Å². The van der Waals surface area contributed by atoms with Gasteiger partial charge in [-0.2, -0.15) is 0 Å². The van der Waals surface area contributed by atoms with Gasteiger partial charge < -0.3 is 14.0 Å². The Kier molecular flexibility index (Phi) is 11.7. The first-order chi connectivity index (χ1) is 9.03. The van der Waals surface area contributed by atoms with Crippen LogP contribution in [0.25, 0.3) is 0 Å². The van der Waals surface area contributed by atoms with Gasteiger partial charge >= 0.3 is 7.32 Å². The monoisotopic (exact) mass is 272 g/mol. The van der Waals surface area contributed by atoms with Crippen LogP contribution in [-0.4, -0.2) is 25.6 Å². The van der Waals surface area contributed by atoms with Crippen molar-refractivity contribution in [2.45, 2.75) is 98.4 Å². The van der Waals surface area contributed by atoms with Crippen molar-refractivity contribution >= 4 is 7.32 Å². The van der Waals surface area contributed by atoms with Gasteiger partial charge in [-0.3, -0.25) is 0 Å². The molecule has 0 saturated heterocycles. The third-order valence-electron chi connectivity index (χ3n) is 3.12. The summed E-state index contributed by atoms with van der Waals surface area (Å²) in [5, 5.41) is 0. The highest BCUT2D eigenvalue weighted by Gasteiger charge is 2.28. The fraction of sp³-hybridized carbons (Fsp3) is 1.00. The molecule has 0 saturated carbocycles. The molecule has 19 heavy (non-hydrogen) atoms. The number of hydrogen-bond acceptors (Lipinski definition) is 3. The van der Waals surface area contributed by atoms with Crippen molar-refractivity contribution in [2.75, 3.05) is 0 Å². The predicted octanol–water partition coefficient (Wildman–Crippen LogP) is 4.59. The van der Waals surface area contributed by atoms with E-state index in [1.807, 2.05) is 0 Å². The average Bonchev–Trinajstić information content (AvgIpc) is 2.29. The maximum atomic E-state index is 5.88. The molecule has 0 aliphatic carbocycles. The van der Waals surface area contributed by atoms with Gasteiger partial charge in [-0.25, -0.2) is 0 Å². The van der Waals surface area contributed by atoms with E-state index in [1.54, 1.807) is 0 Å². The van der Waals surface area contributed by atoms with Crippen molar-refractivity contribution in [2.24, 2.45) is 0 Å². The fourth-order valence-electron chi connectivity index (χ4n) is 2.09. The van der Waals surface area contributed by atoms with Gasteiger partial charge in [0.25, 0.3) is 0 Å². The van der Waals surface area contributed by atoms with Crippen LogP contribution in [0.4, 0.5) is 0 Å². The molecule has 0 amide bonds. The van der Waals surface area contributed by atoms with Gasteiger partial charge in [-0.05, 0) is 40.0 Å². The predicted molar refractivity (Wildman–Crippen MR) is 82.1 cm³/mol. The second-order valence-electron chi connectivity index (χ2n) is 5.49. The van der Waals surface area contributed by atoms with Crippen molar-refractivity contribution in [1.29, 1.82) is 0 Å². The molecular weight excluding hydrogens is 239 g/mol. The molecule has 3 unspecified atom stereocenters. The molecule has 0 aromatic carbocycles. The summed E-state index contributed by atoms with van der Waals surface area (Å²) in [7, 11) is -0.523. The highest BCUT2D eigenvalue weighted by atomic mass is 16.7. The molecular formula is C15H33BO3. The summed E-state index contributed by atoms with van der Waals surface area (Å²) in [5.41, 5.74) is 0. The Morgan fingerprint density at radius 2 is 0.895 bits per heavy atom. The third-order valence-corrected chi connectivity index (χ3v) is 3.12. The second kappa shape index (κ2) is 11.7. The van der Waals surface area contributed by atoms with Crippen molar-refractivity contribution in [3.05, 3.63) is 0 Å².